The largest absolute Gasteiger partial charge is 0.355 e. The van der Waals surface area contributed by atoms with Crippen LogP contribution < -0.4 is 14.9 Å². The highest BCUT2D eigenvalue weighted by molar-refractivity contribution is 7.92. The zero-order valence-corrected chi connectivity index (χ0v) is 19.8. The molecule has 0 saturated heterocycles. The zero-order valence-electron chi connectivity index (χ0n) is 18.2. The Labute approximate surface area is 198 Å². The van der Waals surface area contributed by atoms with Crippen LogP contribution in [0.1, 0.15) is 33.2 Å². The quantitative estimate of drug-likeness (QED) is 0.506. The van der Waals surface area contributed by atoms with Gasteiger partial charge in [0.15, 0.2) is 0 Å². The summed E-state index contributed by atoms with van der Waals surface area (Å²) >= 11 is 6.22. The smallest absolute Gasteiger partial charge is 0.264 e. The van der Waals surface area contributed by atoms with Crippen LogP contribution in [-0.2, 0) is 16.6 Å². The number of sulfonamides is 1. The lowest BCUT2D eigenvalue weighted by Crippen LogP contribution is -2.31. The summed E-state index contributed by atoms with van der Waals surface area (Å²) in [6.07, 6.45) is 0. The molecule has 0 spiro atoms. The van der Waals surface area contributed by atoms with Crippen molar-refractivity contribution in [2.24, 2.45) is 0 Å². The van der Waals surface area contributed by atoms with Gasteiger partial charge in [0.1, 0.15) is 0 Å². The molecule has 2 amide bonds. The highest BCUT2D eigenvalue weighted by atomic mass is 35.5. The van der Waals surface area contributed by atoms with E-state index in [1.165, 1.54) is 29.6 Å². The molecule has 7 nitrogen and oxygen atoms in total. The number of halogens is 1. The Bertz CT molecular complexity index is 1260. The maximum Gasteiger partial charge on any atom is 0.264 e. The van der Waals surface area contributed by atoms with Gasteiger partial charge < -0.3 is 10.6 Å². The Morgan fingerprint density at radius 3 is 2.33 bits per heavy atom. The molecular weight excluding hydrogens is 462 g/mol. The van der Waals surface area contributed by atoms with Crippen LogP contribution in [0.15, 0.2) is 77.7 Å². The minimum atomic E-state index is -3.91. The molecule has 0 fully saturated rings. The standard InChI is InChI=1S/C24H24ClN3O4S/c1-3-28(19-10-5-4-6-11-19)33(31,32)20-12-13-22(25)21(15-20)24(30)27-16-17-8-7-9-18(14-17)23(29)26-2/h4-15H,3,16H2,1-2H3,(H,26,29)(H,27,30). The third-order valence-electron chi connectivity index (χ3n) is 4.97. The van der Waals surface area contributed by atoms with Gasteiger partial charge in [-0.2, -0.15) is 0 Å². The molecule has 0 aliphatic rings. The Hall–Kier alpha value is -3.36. The van der Waals surface area contributed by atoms with E-state index < -0.39 is 15.9 Å². The van der Waals surface area contributed by atoms with Crippen LogP contribution in [0.5, 0.6) is 0 Å². The van der Waals surface area contributed by atoms with Gasteiger partial charge in [-0.25, -0.2) is 8.42 Å². The summed E-state index contributed by atoms with van der Waals surface area (Å²) in [7, 11) is -2.37. The number of nitrogens with one attached hydrogen (secondary N) is 2. The van der Waals surface area contributed by atoms with E-state index >= 15 is 0 Å². The number of carbonyl (C=O) groups excluding carboxylic acids is 2. The maximum absolute atomic E-state index is 13.3. The van der Waals surface area contributed by atoms with Gasteiger partial charge in [0, 0.05) is 25.7 Å². The molecule has 0 unspecified atom stereocenters. The number of hydrogen-bond acceptors (Lipinski definition) is 4. The van der Waals surface area contributed by atoms with Gasteiger partial charge in [-0.1, -0.05) is 41.9 Å². The topological polar surface area (TPSA) is 95.6 Å². The predicted octanol–water partition coefficient (Wildman–Crippen LogP) is 3.84. The normalized spacial score (nSPS) is 11.0. The SMILES string of the molecule is CCN(c1ccccc1)S(=O)(=O)c1ccc(Cl)c(C(=O)NCc2cccc(C(=O)NC)c2)c1. The molecular formula is C24H24ClN3O4S. The van der Waals surface area contributed by atoms with Gasteiger partial charge in [0.2, 0.25) is 0 Å². The number of amides is 2. The third-order valence-corrected chi connectivity index (χ3v) is 7.20. The van der Waals surface area contributed by atoms with Crippen molar-refractivity contribution < 1.29 is 18.0 Å². The van der Waals surface area contributed by atoms with E-state index in [4.69, 9.17) is 11.6 Å². The van der Waals surface area contributed by atoms with Crippen LogP contribution in [-0.4, -0.2) is 33.8 Å². The summed E-state index contributed by atoms with van der Waals surface area (Å²) in [6, 6.07) is 19.6. The maximum atomic E-state index is 13.3. The first-order valence-corrected chi connectivity index (χ1v) is 12.1. The van der Waals surface area contributed by atoms with Crippen molar-refractivity contribution in [3.05, 3.63) is 94.5 Å². The van der Waals surface area contributed by atoms with Crippen LogP contribution in [0, 0.1) is 0 Å². The van der Waals surface area contributed by atoms with Crippen molar-refractivity contribution in [1.82, 2.24) is 10.6 Å². The first-order valence-electron chi connectivity index (χ1n) is 10.2. The second-order valence-electron chi connectivity index (χ2n) is 7.11. The summed E-state index contributed by atoms with van der Waals surface area (Å²) in [5.74, 6) is -0.756. The van der Waals surface area contributed by atoms with Crippen molar-refractivity contribution in [3.63, 3.8) is 0 Å². The lowest BCUT2D eigenvalue weighted by molar-refractivity contribution is 0.0948. The highest BCUT2D eigenvalue weighted by Crippen LogP contribution is 2.26. The lowest BCUT2D eigenvalue weighted by atomic mass is 10.1. The Morgan fingerprint density at radius 1 is 0.939 bits per heavy atom. The molecule has 0 radical (unpaired) electrons. The molecule has 172 valence electrons. The minimum absolute atomic E-state index is 0.0376. The van der Waals surface area contributed by atoms with Gasteiger partial charge in [0.05, 0.1) is 21.2 Å². The minimum Gasteiger partial charge on any atom is -0.355 e. The summed E-state index contributed by atoms with van der Waals surface area (Å²) < 4.78 is 27.8. The van der Waals surface area contributed by atoms with E-state index in [9.17, 15) is 18.0 Å². The van der Waals surface area contributed by atoms with Crippen molar-refractivity contribution in [2.75, 3.05) is 17.9 Å². The van der Waals surface area contributed by atoms with Crippen LogP contribution in [0.3, 0.4) is 0 Å². The van der Waals surface area contributed by atoms with Gasteiger partial charge in [0.25, 0.3) is 21.8 Å². The van der Waals surface area contributed by atoms with Crippen LogP contribution in [0.2, 0.25) is 5.02 Å². The van der Waals surface area contributed by atoms with Crippen molar-refractivity contribution >= 4 is 39.1 Å². The average Bonchev–Trinajstić information content (AvgIpc) is 2.83. The number of para-hydroxylation sites is 1. The highest BCUT2D eigenvalue weighted by Gasteiger charge is 2.25. The molecule has 9 heteroatoms. The molecule has 0 aromatic heterocycles. The lowest BCUT2D eigenvalue weighted by Gasteiger charge is -2.23. The van der Waals surface area contributed by atoms with Crippen molar-refractivity contribution in [2.45, 2.75) is 18.4 Å². The zero-order chi connectivity index (χ0) is 24.0. The fourth-order valence-corrected chi connectivity index (χ4v) is 5.00. The molecule has 0 atom stereocenters. The predicted molar refractivity (Wildman–Crippen MR) is 129 cm³/mol. The molecule has 2 N–H and O–H groups in total. The molecule has 0 bridgehead atoms. The summed E-state index contributed by atoms with van der Waals surface area (Å²) in [6.45, 7) is 2.10. The third kappa shape index (κ3) is 5.53. The van der Waals surface area contributed by atoms with Gasteiger partial charge in [-0.3, -0.25) is 13.9 Å². The van der Waals surface area contributed by atoms with E-state index in [2.05, 4.69) is 10.6 Å². The fraction of sp³-hybridized carbons (Fsp3) is 0.167. The molecule has 0 saturated carbocycles. The van der Waals surface area contributed by atoms with E-state index in [1.54, 1.807) is 61.5 Å². The molecule has 3 aromatic rings. The molecule has 3 rings (SSSR count). The second-order valence-corrected chi connectivity index (χ2v) is 9.38. The number of hydrogen-bond donors (Lipinski definition) is 2. The molecule has 0 heterocycles. The van der Waals surface area contributed by atoms with Gasteiger partial charge in [-0.15, -0.1) is 0 Å². The number of anilines is 1. The fourth-order valence-electron chi connectivity index (χ4n) is 3.30. The van der Waals surface area contributed by atoms with Crippen molar-refractivity contribution in [3.8, 4) is 0 Å². The number of benzene rings is 3. The van der Waals surface area contributed by atoms with E-state index in [1.807, 2.05) is 0 Å². The van der Waals surface area contributed by atoms with Gasteiger partial charge >= 0.3 is 0 Å². The van der Waals surface area contributed by atoms with Crippen LogP contribution in [0.4, 0.5) is 5.69 Å². The Morgan fingerprint density at radius 2 is 1.67 bits per heavy atom. The average molecular weight is 486 g/mol. The van der Waals surface area contributed by atoms with Crippen LogP contribution in [0.25, 0.3) is 0 Å². The molecule has 0 aliphatic heterocycles. The molecule has 0 aliphatic carbocycles. The van der Waals surface area contributed by atoms with Crippen molar-refractivity contribution in [1.29, 1.82) is 0 Å². The molecule has 3 aromatic carbocycles. The second kappa shape index (κ2) is 10.5. The van der Waals surface area contributed by atoms with E-state index in [0.29, 0.717) is 16.8 Å². The summed E-state index contributed by atoms with van der Waals surface area (Å²) in [5, 5.41) is 5.41. The van der Waals surface area contributed by atoms with E-state index in [-0.39, 0.29) is 34.5 Å². The monoisotopic (exact) mass is 485 g/mol. The van der Waals surface area contributed by atoms with E-state index in [0.717, 1.165) is 0 Å². The first kappa shape index (κ1) is 24.3. The summed E-state index contributed by atoms with van der Waals surface area (Å²) in [5.41, 5.74) is 1.75. The number of nitrogens with zero attached hydrogens (tertiary/aromatic N) is 1. The number of rotatable bonds is 8. The first-order chi connectivity index (χ1) is 15.8. The number of carbonyl (C=O) groups is 2. The van der Waals surface area contributed by atoms with Gasteiger partial charge in [-0.05, 0) is 55.0 Å². The summed E-state index contributed by atoms with van der Waals surface area (Å²) in [4.78, 5) is 24.6. The van der Waals surface area contributed by atoms with Crippen LogP contribution >= 0.6 is 11.6 Å². The molecule has 33 heavy (non-hydrogen) atoms. The Kier molecular flexibility index (Phi) is 7.73. The Balaban J connectivity index is 1.84.